The zero-order valence-corrected chi connectivity index (χ0v) is 13.6. The van der Waals surface area contributed by atoms with Crippen LogP contribution in [-0.4, -0.2) is 56.1 Å². The molecule has 1 N–H and O–H groups in total. The Morgan fingerprint density at radius 1 is 0.880 bits per heavy atom. The molecule has 0 bridgehead atoms. The number of hydrogen-bond donors (Lipinski definition) is 1. The maximum atomic E-state index is 14.7. The van der Waals surface area contributed by atoms with E-state index in [0.717, 1.165) is 37.3 Å². The Labute approximate surface area is 143 Å². The van der Waals surface area contributed by atoms with Gasteiger partial charge in [0.2, 0.25) is 0 Å². The molecule has 1 aliphatic heterocycles. The average molecular weight is 340 g/mol. The summed E-state index contributed by atoms with van der Waals surface area (Å²) in [5.41, 5.74) is 2.06. The van der Waals surface area contributed by atoms with Gasteiger partial charge >= 0.3 is 0 Å². The first kappa shape index (κ1) is 14.5. The summed E-state index contributed by atoms with van der Waals surface area (Å²) < 4.78 is 14.7. The van der Waals surface area contributed by atoms with Gasteiger partial charge in [0.05, 0.1) is 12.0 Å². The highest BCUT2D eigenvalue weighted by Crippen LogP contribution is 2.41. The number of aromatic nitrogens is 6. The normalized spacial score (nSPS) is 18.1. The lowest BCUT2D eigenvalue weighted by Gasteiger charge is -2.36. The number of fused-ring (bicyclic) bond motifs is 1. The Morgan fingerprint density at radius 2 is 1.56 bits per heavy atom. The second kappa shape index (κ2) is 5.61. The van der Waals surface area contributed by atoms with Crippen LogP contribution in [0.4, 0.5) is 16.0 Å². The largest absolute Gasteiger partial charge is 0.351 e. The van der Waals surface area contributed by atoms with E-state index in [1.807, 2.05) is 4.90 Å². The summed E-state index contributed by atoms with van der Waals surface area (Å²) in [4.78, 5) is 28.3. The van der Waals surface area contributed by atoms with E-state index in [9.17, 15) is 4.39 Å². The van der Waals surface area contributed by atoms with E-state index in [1.165, 1.54) is 12.7 Å². The van der Waals surface area contributed by atoms with E-state index >= 15 is 0 Å². The molecule has 1 saturated carbocycles. The average Bonchev–Trinajstić information content (AvgIpc) is 3.38. The Balaban J connectivity index is 1.36. The summed E-state index contributed by atoms with van der Waals surface area (Å²) in [6.07, 6.45) is 6.67. The van der Waals surface area contributed by atoms with Crippen molar-refractivity contribution in [3.05, 3.63) is 30.5 Å². The number of H-pyrrole nitrogens is 1. The minimum Gasteiger partial charge on any atom is -0.351 e. The Morgan fingerprint density at radius 3 is 2.32 bits per heavy atom. The number of rotatable bonds is 3. The predicted octanol–water partition coefficient (Wildman–Crippen LogP) is 1.49. The number of aromatic amines is 1. The molecule has 1 saturated heterocycles. The van der Waals surface area contributed by atoms with Crippen LogP contribution in [0.1, 0.15) is 24.5 Å². The number of nitrogens with one attached hydrogen (secondary N) is 1. The molecule has 128 valence electrons. The van der Waals surface area contributed by atoms with Gasteiger partial charge in [-0.2, -0.15) is 0 Å². The van der Waals surface area contributed by atoms with Gasteiger partial charge in [-0.1, -0.05) is 0 Å². The van der Waals surface area contributed by atoms with Gasteiger partial charge in [0.1, 0.15) is 18.2 Å². The number of piperazine rings is 1. The van der Waals surface area contributed by atoms with Crippen molar-refractivity contribution >= 4 is 22.8 Å². The summed E-state index contributed by atoms with van der Waals surface area (Å²) in [6, 6.07) is 0. The van der Waals surface area contributed by atoms with Gasteiger partial charge < -0.3 is 14.8 Å². The molecule has 0 atom stereocenters. The molecule has 0 aromatic carbocycles. The number of imidazole rings is 1. The second-order valence-electron chi connectivity index (χ2n) is 6.44. The first-order chi connectivity index (χ1) is 12.3. The fraction of sp³-hybridized carbons (Fsp3) is 0.438. The molecule has 2 fully saturated rings. The smallest absolute Gasteiger partial charge is 0.187 e. The van der Waals surface area contributed by atoms with E-state index in [0.29, 0.717) is 30.2 Å². The molecule has 8 nitrogen and oxygen atoms in total. The summed E-state index contributed by atoms with van der Waals surface area (Å²) in [5.74, 6) is 1.28. The Kier molecular flexibility index (Phi) is 3.25. The van der Waals surface area contributed by atoms with Gasteiger partial charge in [-0.15, -0.1) is 0 Å². The van der Waals surface area contributed by atoms with Crippen LogP contribution in [0.5, 0.6) is 0 Å². The van der Waals surface area contributed by atoms with Crippen LogP contribution < -0.4 is 9.80 Å². The monoisotopic (exact) mass is 340 g/mol. The highest BCUT2D eigenvalue weighted by Gasteiger charge is 2.31. The third-order valence-corrected chi connectivity index (χ3v) is 4.84. The van der Waals surface area contributed by atoms with Crippen LogP contribution >= 0.6 is 0 Å². The maximum Gasteiger partial charge on any atom is 0.187 e. The van der Waals surface area contributed by atoms with Crippen LogP contribution in [0, 0.1) is 5.82 Å². The van der Waals surface area contributed by atoms with Crippen LogP contribution in [0.15, 0.2) is 19.0 Å². The molecule has 9 heteroatoms. The molecule has 1 aliphatic carbocycles. The summed E-state index contributed by atoms with van der Waals surface area (Å²) in [5, 5.41) is 0. The van der Waals surface area contributed by atoms with Gasteiger partial charge in [0.15, 0.2) is 23.1 Å². The summed E-state index contributed by atoms with van der Waals surface area (Å²) >= 11 is 0. The van der Waals surface area contributed by atoms with Gasteiger partial charge in [0.25, 0.3) is 0 Å². The second-order valence-corrected chi connectivity index (χ2v) is 6.44. The molecule has 0 radical (unpaired) electrons. The highest BCUT2D eigenvalue weighted by atomic mass is 19.1. The number of nitrogens with zero attached hydrogens (tertiary/aromatic N) is 7. The minimum absolute atomic E-state index is 0.253. The molecule has 3 aromatic heterocycles. The van der Waals surface area contributed by atoms with Crippen LogP contribution in [0.3, 0.4) is 0 Å². The van der Waals surface area contributed by atoms with Crippen molar-refractivity contribution in [2.45, 2.75) is 18.8 Å². The van der Waals surface area contributed by atoms with Crippen molar-refractivity contribution in [1.82, 2.24) is 29.9 Å². The molecule has 0 spiro atoms. The van der Waals surface area contributed by atoms with Gasteiger partial charge in [-0.3, -0.25) is 0 Å². The van der Waals surface area contributed by atoms with E-state index in [-0.39, 0.29) is 11.7 Å². The lowest BCUT2D eigenvalue weighted by atomic mass is 10.2. The zero-order chi connectivity index (χ0) is 16.8. The van der Waals surface area contributed by atoms with Crippen LogP contribution in [-0.2, 0) is 0 Å². The molecule has 0 amide bonds. The van der Waals surface area contributed by atoms with Crippen LogP contribution in [0.2, 0.25) is 0 Å². The maximum absolute atomic E-state index is 14.7. The fourth-order valence-electron chi connectivity index (χ4n) is 3.36. The first-order valence-electron chi connectivity index (χ1n) is 8.45. The van der Waals surface area contributed by atoms with E-state index in [4.69, 9.17) is 0 Å². The van der Waals surface area contributed by atoms with Crippen LogP contribution in [0.25, 0.3) is 11.2 Å². The predicted molar refractivity (Wildman–Crippen MR) is 90.1 cm³/mol. The molecule has 0 unspecified atom stereocenters. The van der Waals surface area contributed by atoms with Gasteiger partial charge in [0, 0.05) is 32.1 Å². The van der Waals surface area contributed by atoms with Gasteiger partial charge in [-0.05, 0) is 12.8 Å². The molecule has 2 aliphatic rings. The van der Waals surface area contributed by atoms with Crippen molar-refractivity contribution in [2.75, 3.05) is 36.0 Å². The van der Waals surface area contributed by atoms with Crippen molar-refractivity contribution in [1.29, 1.82) is 0 Å². The molecular weight excluding hydrogens is 323 g/mol. The quantitative estimate of drug-likeness (QED) is 0.773. The molecule has 25 heavy (non-hydrogen) atoms. The first-order valence-corrected chi connectivity index (χ1v) is 8.45. The standard InChI is InChI=1S/C16H17FN8/c17-11-12(10-1-2-10)18-8-22-15(11)24-3-5-25(6-4-24)16-13-14(20-7-19-13)21-9-23-16/h7-10H,1-6H2,(H,19,20,21,23). The van der Waals surface area contributed by atoms with E-state index in [1.54, 1.807) is 6.33 Å². The SMILES string of the molecule is Fc1c(C2CC2)ncnc1N1CCN(c2ncnc3nc[nH]c23)CC1. The van der Waals surface area contributed by atoms with Crippen molar-refractivity contribution < 1.29 is 4.39 Å². The third-order valence-electron chi connectivity index (χ3n) is 4.84. The minimum atomic E-state index is -0.253. The molecule has 4 heterocycles. The third kappa shape index (κ3) is 2.46. The lowest BCUT2D eigenvalue weighted by Crippen LogP contribution is -2.47. The summed E-state index contributed by atoms with van der Waals surface area (Å²) in [6.45, 7) is 2.82. The van der Waals surface area contributed by atoms with Crippen molar-refractivity contribution in [3.8, 4) is 0 Å². The Hall–Kier alpha value is -2.84. The number of anilines is 2. The molecule has 3 aromatic rings. The van der Waals surface area contributed by atoms with Crippen molar-refractivity contribution in [2.24, 2.45) is 0 Å². The molecule has 5 rings (SSSR count). The topological polar surface area (TPSA) is 86.7 Å². The summed E-state index contributed by atoms with van der Waals surface area (Å²) in [7, 11) is 0. The van der Waals surface area contributed by atoms with E-state index in [2.05, 4.69) is 34.8 Å². The fourth-order valence-corrected chi connectivity index (χ4v) is 3.36. The van der Waals surface area contributed by atoms with Gasteiger partial charge in [-0.25, -0.2) is 29.3 Å². The lowest BCUT2D eigenvalue weighted by molar-refractivity contribution is 0.567. The molecular formula is C16H17FN8. The number of halogens is 1. The van der Waals surface area contributed by atoms with E-state index < -0.39 is 0 Å². The van der Waals surface area contributed by atoms with Crippen molar-refractivity contribution in [3.63, 3.8) is 0 Å². The highest BCUT2D eigenvalue weighted by molar-refractivity contribution is 5.82. The Bertz CT molecular complexity index is 913. The number of hydrogen-bond acceptors (Lipinski definition) is 7. The zero-order valence-electron chi connectivity index (χ0n) is 13.6.